The van der Waals surface area contributed by atoms with Crippen molar-refractivity contribution in [3.63, 3.8) is 0 Å². The molecule has 0 spiro atoms. The normalized spacial score (nSPS) is 26.6. The van der Waals surface area contributed by atoms with Gasteiger partial charge in [0.05, 0.1) is 11.7 Å². The lowest BCUT2D eigenvalue weighted by molar-refractivity contribution is -0.153. The highest BCUT2D eigenvalue weighted by atomic mass is 16.5. The Bertz CT molecular complexity index is 404. The Hall–Kier alpha value is -0.860. The summed E-state index contributed by atoms with van der Waals surface area (Å²) in [7, 11) is 1.73. The van der Waals surface area contributed by atoms with Crippen molar-refractivity contribution in [2.75, 3.05) is 7.11 Å². The van der Waals surface area contributed by atoms with Crippen LogP contribution in [-0.4, -0.2) is 23.9 Å². The number of benzene rings is 1. The van der Waals surface area contributed by atoms with Crippen LogP contribution in [0.25, 0.3) is 0 Å². The van der Waals surface area contributed by atoms with Crippen molar-refractivity contribution < 1.29 is 9.84 Å². The van der Waals surface area contributed by atoms with Crippen LogP contribution in [0.5, 0.6) is 0 Å². The van der Waals surface area contributed by atoms with Gasteiger partial charge in [-0.3, -0.25) is 0 Å². The highest BCUT2D eigenvalue weighted by Crippen LogP contribution is 2.44. The van der Waals surface area contributed by atoms with Crippen LogP contribution in [0.1, 0.15) is 42.7 Å². The maximum atomic E-state index is 10.4. The van der Waals surface area contributed by atoms with Gasteiger partial charge in [-0.15, -0.1) is 0 Å². The first-order valence-electron chi connectivity index (χ1n) is 6.56. The SMILES string of the molecule is COC1(C(O)CC2Cc3ccccc32)CCC1. The van der Waals surface area contributed by atoms with Crippen LogP contribution in [0, 0.1) is 0 Å². The zero-order chi connectivity index (χ0) is 11.9. The third kappa shape index (κ3) is 1.71. The van der Waals surface area contributed by atoms with E-state index in [2.05, 4.69) is 24.3 Å². The molecule has 0 radical (unpaired) electrons. The summed E-state index contributed by atoms with van der Waals surface area (Å²) < 4.78 is 5.54. The van der Waals surface area contributed by atoms with Gasteiger partial charge in [0, 0.05) is 7.11 Å². The smallest absolute Gasteiger partial charge is 0.0936 e. The highest BCUT2D eigenvalue weighted by molar-refractivity contribution is 5.40. The molecule has 2 atom stereocenters. The van der Waals surface area contributed by atoms with E-state index >= 15 is 0 Å². The number of methoxy groups -OCH3 is 1. The van der Waals surface area contributed by atoms with Crippen LogP contribution in [0.2, 0.25) is 0 Å². The minimum atomic E-state index is -0.306. The maximum absolute atomic E-state index is 10.4. The molecular formula is C15H20O2. The van der Waals surface area contributed by atoms with Crippen LogP contribution in [0.4, 0.5) is 0 Å². The lowest BCUT2D eigenvalue weighted by Crippen LogP contribution is -2.50. The Balaban J connectivity index is 1.66. The Labute approximate surface area is 103 Å². The molecule has 2 unspecified atom stereocenters. The van der Waals surface area contributed by atoms with Crippen molar-refractivity contribution in [2.24, 2.45) is 0 Å². The summed E-state index contributed by atoms with van der Waals surface area (Å²) in [5.41, 5.74) is 2.65. The monoisotopic (exact) mass is 232 g/mol. The van der Waals surface area contributed by atoms with Crippen molar-refractivity contribution in [2.45, 2.75) is 49.7 Å². The maximum Gasteiger partial charge on any atom is 0.0936 e. The molecule has 2 aliphatic carbocycles. The minimum absolute atomic E-state index is 0.232. The van der Waals surface area contributed by atoms with Crippen molar-refractivity contribution >= 4 is 0 Å². The predicted molar refractivity (Wildman–Crippen MR) is 67.1 cm³/mol. The van der Waals surface area contributed by atoms with E-state index in [1.165, 1.54) is 17.5 Å². The third-order valence-corrected chi connectivity index (χ3v) is 4.68. The van der Waals surface area contributed by atoms with E-state index in [0.717, 1.165) is 25.7 Å². The molecule has 1 N–H and O–H groups in total. The second-order valence-electron chi connectivity index (χ2n) is 5.47. The second kappa shape index (κ2) is 4.11. The van der Waals surface area contributed by atoms with Gasteiger partial charge in [0.15, 0.2) is 0 Å². The van der Waals surface area contributed by atoms with Crippen molar-refractivity contribution in [3.05, 3.63) is 35.4 Å². The summed E-state index contributed by atoms with van der Waals surface area (Å²) in [5.74, 6) is 0.536. The summed E-state index contributed by atoms with van der Waals surface area (Å²) in [6.45, 7) is 0. The predicted octanol–water partition coefficient (Wildman–Crippen LogP) is 2.65. The number of hydrogen-bond acceptors (Lipinski definition) is 2. The third-order valence-electron chi connectivity index (χ3n) is 4.68. The molecule has 3 rings (SSSR count). The van der Waals surface area contributed by atoms with Gasteiger partial charge in [0.25, 0.3) is 0 Å². The van der Waals surface area contributed by atoms with Crippen LogP contribution in [0.3, 0.4) is 0 Å². The van der Waals surface area contributed by atoms with Crippen molar-refractivity contribution in [3.8, 4) is 0 Å². The molecule has 1 fully saturated rings. The molecule has 1 aromatic carbocycles. The lowest BCUT2D eigenvalue weighted by atomic mass is 9.68. The Morgan fingerprint density at radius 2 is 2.18 bits per heavy atom. The Kier molecular flexibility index (Phi) is 2.72. The molecule has 0 heterocycles. The number of fused-ring (bicyclic) bond motifs is 1. The molecule has 0 amide bonds. The zero-order valence-electron chi connectivity index (χ0n) is 10.4. The summed E-state index contributed by atoms with van der Waals surface area (Å²) in [4.78, 5) is 0. The van der Waals surface area contributed by atoms with Gasteiger partial charge in [-0.25, -0.2) is 0 Å². The number of ether oxygens (including phenoxy) is 1. The standard InChI is InChI=1S/C15H20O2/c1-17-15(7-4-8-15)14(16)10-12-9-11-5-2-3-6-13(11)12/h2-3,5-6,12,14,16H,4,7-10H2,1H3. The van der Waals surface area contributed by atoms with Gasteiger partial charge < -0.3 is 9.84 Å². The number of aliphatic hydroxyl groups excluding tert-OH is 1. The molecular weight excluding hydrogens is 212 g/mol. The minimum Gasteiger partial charge on any atom is -0.390 e. The van der Waals surface area contributed by atoms with Crippen molar-refractivity contribution in [1.82, 2.24) is 0 Å². The molecule has 1 saturated carbocycles. The first-order chi connectivity index (χ1) is 8.25. The number of hydrogen-bond donors (Lipinski definition) is 1. The Morgan fingerprint density at radius 3 is 2.76 bits per heavy atom. The molecule has 2 heteroatoms. The van der Waals surface area contributed by atoms with Gasteiger partial charge >= 0.3 is 0 Å². The average Bonchev–Trinajstić information content (AvgIpc) is 2.25. The first-order valence-corrected chi connectivity index (χ1v) is 6.56. The van der Waals surface area contributed by atoms with Gasteiger partial charge in [0.1, 0.15) is 0 Å². The molecule has 92 valence electrons. The molecule has 2 nitrogen and oxygen atoms in total. The van der Waals surface area contributed by atoms with E-state index in [1.807, 2.05) is 0 Å². The molecule has 0 aliphatic heterocycles. The molecule has 0 bridgehead atoms. The molecule has 0 saturated heterocycles. The quantitative estimate of drug-likeness (QED) is 0.864. The summed E-state index contributed by atoms with van der Waals surface area (Å²) >= 11 is 0. The Morgan fingerprint density at radius 1 is 1.41 bits per heavy atom. The summed E-state index contributed by atoms with van der Waals surface area (Å²) in [6.07, 6.45) is 4.88. The molecule has 1 aromatic rings. The number of aliphatic hydroxyl groups is 1. The van der Waals surface area contributed by atoms with Crippen LogP contribution >= 0.6 is 0 Å². The van der Waals surface area contributed by atoms with E-state index in [0.29, 0.717) is 5.92 Å². The highest BCUT2D eigenvalue weighted by Gasteiger charge is 2.45. The zero-order valence-corrected chi connectivity index (χ0v) is 10.4. The van der Waals surface area contributed by atoms with Gasteiger partial charge in [-0.1, -0.05) is 24.3 Å². The van der Waals surface area contributed by atoms with E-state index in [-0.39, 0.29) is 11.7 Å². The fourth-order valence-electron chi connectivity index (χ4n) is 3.26. The summed E-state index contributed by atoms with van der Waals surface area (Å²) in [5, 5.41) is 10.4. The second-order valence-corrected chi connectivity index (χ2v) is 5.47. The summed E-state index contributed by atoms with van der Waals surface area (Å²) in [6, 6.07) is 8.56. The largest absolute Gasteiger partial charge is 0.390 e. The van der Waals surface area contributed by atoms with E-state index in [9.17, 15) is 5.11 Å². The lowest BCUT2D eigenvalue weighted by Gasteiger charge is -2.46. The van der Waals surface area contributed by atoms with Crippen LogP contribution < -0.4 is 0 Å². The molecule has 0 aromatic heterocycles. The van der Waals surface area contributed by atoms with E-state index < -0.39 is 0 Å². The van der Waals surface area contributed by atoms with Gasteiger partial charge in [-0.05, 0) is 49.1 Å². The van der Waals surface area contributed by atoms with Crippen LogP contribution in [0.15, 0.2) is 24.3 Å². The molecule has 17 heavy (non-hydrogen) atoms. The fraction of sp³-hybridized carbons (Fsp3) is 0.600. The number of rotatable bonds is 4. The van der Waals surface area contributed by atoms with Crippen molar-refractivity contribution in [1.29, 1.82) is 0 Å². The van der Waals surface area contributed by atoms with Gasteiger partial charge in [0.2, 0.25) is 0 Å². The fourth-order valence-corrected chi connectivity index (χ4v) is 3.26. The first kappa shape index (κ1) is 11.2. The van der Waals surface area contributed by atoms with Crippen LogP contribution in [-0.2, 0) is 11.2 Å². The van der Waals surface area contributed by atoms with Gasteiger partial charge in [-0.2, -0.15) is 0 Å². The topological polar surface area (TPSA) is 29.5 Å². The molecule has 2 aliphatic rings. The average molecular weight is 232 g/mol. The van der Waals surface area contributed by atoms with E-state index in [1.54, 1.807) is 7.11 Å². The van der Waals surface area contributed by atoms with E-state index in [4.69, 9.17) is 4.74 Å².